The predicted octanol–water partition coefficient (Wildman–Crippen LogP) is 4.02. The molecule has 0 saturated carbocycles. The number of carbonyl (C=O) groups is 1. The number of piperidine rings is 1. The van der Waals surface area contributed by atoms with E-state index in [1.165, 1.54) is 17.7 Å². The van der Waals surface area contributed by atoms with E-state index in [1.54, 1.807) is 0 Å². The molecule has 1 heterocycles. The van der Waals surface area contributed by atoms with Gasteiger partial charge in [0.25, 0.3) is 0 Å². The average Bonchev–Trinajstić information content (AvgIpc) is 2.72. The molecule has 1 aliphatic rings. The molecule has 3 rings (SSSR count). The van der Waals surface area contributed by atoms with Gasteiger partial charge in [0.05, 0.1) is 12.1 Å². The second kappa shape index (κ2) is 10.2. The molecule has 158 valence electrons. The predicted molar refractivity (Wildman–Crippen MR) is 110 cm³/mol. The number of nitrogens with one attached hydrogen (secondary N) is 2. The lowest BCUT2D eigenvalue weighted by Crippen LogP contribution is -2.50. The molecule has 0 spiro atoms. The van der Waals surface area contributed by atoms with Crippen molar-refractivity contribution in [1.82, 2.24) is 15.5 Å². The van der Waals surface area contributed by atoms with Crippen LogP contribution in [0.2, 0.25) is 0 Å². The van der Waals surface area contributed by atoms with Crippen molar-refractivity contribution in [2.75, 3.05) is 19.6 Å². The summed E-state index contributed by atoms with van der Waals surface area (Å²) in [5.74, 6) is 5.34. The Morgan fingerprint density at radius 1 is 1.13 bits per heavy atom. The Hall–Kier alpha value is -2.98. The molecule has 1 atom stereocenters. The normalized spacial score (nSPS) is 17.0. The zero-order chi connectivity index (χ0) is 21.4. The van der Waals surface area contributed by atoms with Gasteiger partial charge in [-0.15, -0.1) is 0 Å². The van der Waals surface area contributed by atoms with E-state index >= 15 is 0 Å². The van der Waals surface area contributed by atoms with E-state index in [9.17, 15) is 18.0 Å². The number of urea groups is 1. The van der Waals surface area contributed by atoms with Gasteiger partial charge in [0.15, 0.2) is 0 Å². The second-order valence-electron chi connectivity index (χ2n) is 7.27. The monoisotopic (exact) mass is 415 g/mol. The van der Waals surface area contributed by atoms with Crippen molar-refractivity contribution < 1.29 is 18.0 Å². The molecular formula is C23H24F3N3O. The fourth-order valence-electron chi connectivity index (χ4n) is 3.44. The lowest BCUT2D eigenvalue weighted by atomic mass is 10.0. The smallest absolute Gasteiger partial charge is 0.334 e. The minimum absolute atomic E-state index is 0.0545. The van der Waals surface area contributed by atoms with Crippen LogP contribution in [-0.2, 0) is 12.7 Å². The number of likely N-dealkylation sites (tertiary alicyclic amines) is 1. The zero-order valence-corrected chi connectivity index (χ0v) is 16.5. The Balaban J connectivity index is 1.43. The Kier molecular flexibility index (Phi) is 7.36. The zero-order valence-electron chi connectivity index (χ0n) is 16.5. The van der Waals surface area contributed by atoms with Crippen LogP contribution in [0.25, 0.3) is 0 Å². The number of alkyl halides is 3. The highest BCUT2D eigenvalue weighted by atomic mass is 19.4. The number of hydrogen-bond acceptors (Lipinski definition) is 2. The Morgan fingerprint density at radius 2 is 1.93 bits per heavy atom. The van der Waals surface area contributed by atoms with E-state index in [0.29, 0.717) is 0 Å². The first-order valence-electron chi connectivity index (χ1n) is 9.87. The van der Waals surface area contributed by atoms with Crippen molar-refractivity contribution >= 4 is 6.03 Å². The maximum Gasteiger partial charge on any atom is 0.416 e. The Bertz CT molecular complexity index is 903. The molecule has 0 aliphatic carbocycles. The maximum atomic E-state index is 12.7. The van der Waals surface area contributed by atoms with Crippen LogP contribution >= 0.6 is 0 Å². The van der Waals surface area contributed by atoms with Crippen molar-refractivity contribution in [3.63, 3.8) is 0 Å². The molecule has 2 amide bonds. The molecule has 2 N–H and O–H groups in total. The largest absolute Gasteiger partial charge is 0.416 e. The third kappa shape index (κ3) is 6.82. The summed E-state index contributed by atoms with van der Waals surface area (Å²) < 4.78 is 38.2. The minimum Gasteiger partial charge on any atom is -0.334 e. The Morgan fingerprint density at radius 3 is 2.70 bits per heavy atom. The summed E-state index contributed by atoms with van der Waals surface area (Å²) in [7, 11) is 0. The van der Waals surface area contributed by atoms with E-state index in [-0.39, 0.29) is 24.2 Å². The molecule has 1 aliphatic heterocycles. The summed E-state index contributed by atoms with van der Waals surface area (Å²) in [6.07, 6.45) is -2.48. The van der Waals surface area contributed by atoms with Gasteiger partial charge >= 0.3 is 12.2 Å². The van der Waals surface area contributed by atoms with Crippen LogP contribution in [0.15, 0.2) is 54.6 Å². The van der Waals surface area contributed by atoms with Gasteiger partial charge in [-0.2, -0.15) is 13.2 Å². The highest BCUT2D eigenvalue weighted by Crippen LogP contribution is 2.29. The molecule has 30 heavy (non-hydrogen) atoms. The number of amides is 2. The molecule has 0 bridgehead atoms. The SMILES string of the molecule is O=C(NCC#Cc1cccc(C(F)(F)F)c1)NC1CCCN(Cc2ccccc2)C1. The van der Waals surface area contributed by atoms with Gasteiger partial charge in [-0.05, 0) is 43.1 Å². The van der Waals surface area contributed by atoms with Gasteiger partial charge < -0.3 is 10.6 Å². The van der Waals surface area contributed by atoms with Crippen molar-refractivity contribution in [3.05, 3.63) is 71.3 Å². The van der Waals surface area contributed by atoms with Crippen LogP contribution in [0.3, 0.4) is 0 Å². The molecule has 7 heteroatoms. The topological polar surface area (TPSA) is 44.4 Å². The number of carbonyl (C=O) groups excluding carboxylic acids is 1. The lowest BCUT2D eigenvalue weighted by Gasteiger charge is -2.33. The van der Waals surface area contributed by atoms with Crippen molar-refractivity contribution in [1.29, 1.82) is 0 Å². The van der Waals surface area contributed by atoms with Crippen LogP contribution in [-0.4, -0.2) is 36.6 Å². The number of rotatable bonds is 4. The van der Waals surface area contributed by atoms with E-state index in [4.69, 9.17) is 0 Å². The van der Waals surface area contributed by atoms with Crippen LogP contribution in [0.5, 0.6) is 0 Å². The molecule has 1 saturated heterocycles. The van der Waals surface area contributed by atoms with Gasteiger partial charge in [0.1, 0.15) is 0 Å². The number of hydrogen-bond donors (Lipinski definition) is 2. The van der Waals surface area contributed by atoms with Crippen LogP contribution < -0.4 is 10.6 Å². The van der Waals surface area contributed by atoms with Gasteiger partial charge in [-0.3, -0.25) is 4.90 Å². The molecular weight excluding hydrogens is 391 g/mol. The number of nitrogens with zero attached hydrogens (tertiary/aromatic N) is 1. The minimum atomic E-state index is -4.40. The molecule has 0 radical (unpaired) electrons. The summed E-state index contributed by atoms with van der Waals surface area (Å²) in [4.78, 5) is 14.4. The third-order valence-electron chi connectivity index (χ3n) is 4.85. The van der Waals surface area contributed by atoms with E-state index in [1.807, 2.05) is 18.2 Å². The third-order valence-corrected chi connectivity index (χ3v) is 4.85. The van der Waals surface area contributed by atoms with Gasteiger partial charge in [-0.25, -0.2) is 4.79 Å². The standard InChI is InChI=1S/C23H24F3N3O/c24-23(25,26)20-11-4-9-18(15-20)10-5-13-27-22(30)28-21-12-6-14-29(17-21)16-19-7-2-1-3-8-19/h1-4,7-9,11,15,21H,6,12-14,16-17H2,(H2,27,28,30). The quantitative estimate of drug-likeness (QED) is 0.741. The van der Waals surface area contributed by atoms with Gasteiger partial charge in [0.2, 0.25) is 0 Å². The molecule has 2 aromatic rings. The highest BCUT2D eigenvalue weighted by molar-refractivity contribution is 5.74. The molecule has 0 aromatic heterocycles. The molecule has 1 fully saturated rings. The van der Waals surface area contributed by atoms with Crippen LogP contribution in [0.1, 0.15) is 29.5 Å². The highest BCUT2D eigenvalue weighted by Gasteiger charge is 2.30. The Labute approximate surface area is 174 Å². The van der Waals surface area contributed by atoms with Gasteiger partial charge in [0, 0.05) is 24.7 Å². The van der Waals surface area contributed by atoms with Crippen molar-refractivity contribution in [2.45, 2.75) is 31.6 Å². The van der Waals surface area contributed by atoms with Crippen LogP contribution in [0.4, 0.5) is 18.0 Å². The van der Waals surface area contributed by atoms with Crippen molar-refractivity contribution in [2.24, 2.45) is 0 Å². The van der Waals surface area contributed by atoms with E-state index in [2.05, 4.69) is 39.5 Å². The average molecular weight is 415 g/mol. The molecule has 1 unspecified atom stereocenters. The fourth-order valence-corrected chi connectivity index (χ4v) is 3.44. The lowest BCUT2D eigenvalue weighted by molar-refractivity contribution is -0.137. The second-order valence-corrected chi connectivity index (χ2v) is 7.27. The summed E-state index contributed by atoms with van der Waals surface area (Å²) in [6.45, 7) is 2.68. The fraction of sp³-hybridized carbons (Fsp3) is 0.348. The number of benzene rings is 2. The summed E-state index contributed by atoms with van der Waals surface area (Å²) >= 11 is 0. The number of halogens is 3. The first-order chi connectivity index (χ1) is 14.4. The summed E-state index contributed by atoms with van der Waals surface area (Å²) in [5.41, 5.74) is 0.765. The first-order valence-corrected chi connectivity index (χ1v) is 9.87. The van der Waals surface area contributed by atoms with Crippen molar-refractivity contribution in [3.8, 4) is 11.8 Å². The summed E-state index contributed by atoms with van der Waals surface area (Å²) in [6, 6.07) is 14.8. The van der Waals surface area contributed by atoms with Gasteiger partial charge in [-0.1, -0.05) is 48.2 Å². The van der Waals surface area contributed by atoms with E-state index < -0.39 is 11.7 Å². The van der Waals surface area contributed by atoms with E-state index in [0.717, 1.165) is 44.6 Å². The van der Waals surface area contributed by atoms with Crippen LogP contribution in [0, 0.1) is 11.8 Å². The first kappa shape index (κ1) is 21.7. The summed E-state index contributed by atoms with van der Waals surface area (Å²) in [5, 5.41) is 5.60. The molecule has 4 nitrogen and oxygen atoms in total. The maximum absolute atomic E-state index is 12.7. The molecule has 2 aromatic carbocycles.